The van der Waals surface area contributed by atoms with Crippen molar-refractivity contribution in [2.45, 2.75) is 63.1 Å². The molecule has 0 aliphatic carbocycles. The molecule has 2 fully saturated rings. The maximum absolute atomic E-state index is 12.9. The predicted octanol–water partition coefficient (Wildman–Crippen LogP) is 11.3. The highest BCUT2D eigenvalue weighted by molar-refractivity contribution is 9.10. The van der Waals surface area contributed by atoms with Crippen LogP contribution in [0.25, 0.3) is 11.1 Å². The van der Waals surface area contributed by atoms with Crippen molar-refractivity contribution in [1.82, 2.24) is 0 Å². The van der Waals surface area contributed by atoms with Gasteiger partial charge in [-0.2, -0.15) is 26.3 Å². The van der Waals surface area contributed by atoms with E-state index in [4.69, 9.17) is 63.0 Å². The van der Waals surface area contributed by atoms with Crippen molar-refractivity contribution < 1.29 is 84.8 Å². The first-order valence-corrected chi connectivity index (χ1v) is 27.3. The Bertz CT molecular complexity index is 2130. The first kappa shape index (κ1) is 52.6. The number of aliphatic hydroxyl groups is 1. The van der Waals surface area contributed by atoms with E-state index in [9.17, 15) is 41.0 Å². The van der Waals surface area contributed by atoms with Crippen molar-refractivity contribution in [1.29, 1.82) is 0 Å². The van der Waals surface area contributed by atoms with Crippen LogP contribution in [0.4, 0.5) is 26.3 Å². The maximum atomic E-state index is 12.9. The Labute approximate surface area is 389 Å². The van der Waals surface area contributed by atoms with Gasteiger partial charge in [0.15, 0.2) is 47.2 Å². The average Bonchev–Trinajstić information content (AvgIpc) is 3.49. The van der Waals surface area contributed by atoms with Gasteiger partial charge in [-0.15, -0.1) is 0 Å². The summed E-state index contributed by atoms with van der Waals surface area (Å²) < 4.78 is 111. The molecule has 61 heavy (non-hydrogen) atoms. The molecular formula is C36H38Br2Cl3F6O10P2S2+. The van der Waals surface area contributed by atoms with Crippen molar-refractivity contribution in [3.05, 3.63) is 77.0 Å². The molecule has 4 unspecified atom stereocenters. The summed E-state index contributed by atoms with van der Waals surface area (Å²) in [5.74, 6) is -1.30. The summed E-state index contributed by atoms with van der Waals surface area (Å²) >= 11 is 33.5. The molecule has 2 aromatic carbocycles. The molecule has 25 heteroatoms. The van der Waals surface area contributed by atoms with E-state index in [1.807, 2.05) is 13.0 Å². The monoisotopic (exact) mass is 1130 g/mol. The smallest absolute Gasteiger partial charge is 0.412 e. The molecule has 4 heterocycles. The fourth-order valence-corrected chi connectivity index (χ4v) is 10.7. The quantitative estimate of drug-likeness (QED) is 0.154. The number of carbonyl (C=O) groups excluding carboxylic acids is 2. The van der Waals surface area contributed by atoms with Gasteiger partial charge in [-0.25, -0.2) is 9.59 Å². The lowest BCUT2D eigenvalue weighted by Gasteiger charge is -2.35. The van der Waals surface area contributed by atoms with E-state index in [2.05, 4.69) is 59.4 Å². The van der Waals surface area contributed by atoms with Gasteiger partial charge in [0.1, 0.15) is 11.1 Å². The predicted molar refractivity (Wildman–Crippen MR) is 229 cm³/mol. The van der Waals surface area contributed by atoms with Crippen LogP contribution in [0.5, 0.6) is 0 Å². The molecule has 0 amide bonds. The Balaban J connectivity index is 0.000000228. The van der Waals surface area contributed by atoms with Gasteiger partial charge < -0.3 is 33.1 Å². The molecule has 2 spiro atoms. The van der Waals surface area contributed by atoms with Crippen LogP contribution >= 0.6 is 67.2 Å². The summed E-state index contributed by atoms with van der Waals surface area (Å²) in [6.07, 6.45) is -6.66. The first-order valence-electron chi connectivity index (χ1n) is 17.7. The normalized spacial score (nSPS) is 23.7. The van der Waals surface area contributed by atoms with Crippen molar-refractivity contribution >= 4 is 114 Å². The van der Waals surface area contributed by atoms with Crippen LogP contribution in [0.2, 0.25) is 10.0 Å². The van der Waals surface area contributed by atoms with E-state index < -0.39 is 60.8 Å². The number of esters is 2. The number of carbonyl (C=O) groups is 2. The van der Waals surface area contributed by atoms with E-state index in [1.165, 1.54) is 13.3 Å². The third-order valence-electron chi connectivity index (χ3n) is 8.89. The van der Waals surface area contributed by atoms with E-state index in [0.29, 0.717) is 58.7 Å². The summed E-state index contributed by atoms with van der Waals surface area (Å²) in [5.41, 5.74) is -2.39. The fraction of sp³-hybridized carbons (Fsp3) is 0.500. The van der Waals surface area contributed by atoms with Crippen LogP contribution in [0, 0.1) is 25.1 Å². The minimum Gasteiger partial charge on any atom is -0.507 e. The molecule has 2 aromatic rings. The number of alkyl halides is 6. The Morgan fingerprint density at radius 2 is 1.21 bits per heavy atom. The zero-order chi connectivity index (χ0) is 45.9. The second-order valence-electron chi connectivity index (χ2n) is 14.1. The molecule has 4 aliphatic heterocycles. The Kier molecular flexibility index (Phi) is 17.8. The van der Waals surface area contributed by atoms with Gasteiger partial charge in [0.25, 0.3) is 0 Å². The number of rotatable bonds is 8. The molecule has 0 aromatic heterocycles. The highest BCUT2D eigenvalue weighted by Crippen LogP contribution is 2.55. The minimum atomic E-state index is -4.57. The average molecular weight is 1140 g/mol. The number of halogens is 11. The maximum Gasteiger partial charge on any atom is 0.412 e. The van der Waals surface area contributed by atoms with Gasteiger partial charge in [-0.05, 0) is 98.5 Å². The van der Waals surface area contributed by atoms with Crippen molar-refractivity contribution in [2.75, 3.05) is 53.0 Å². The highest BCUT2D eigenvalue weighted by Gasteiger charge is 2.54. The van der Waals surface area contributed by atoms with Crippen LogP contribution in [-0.2, 0) is 65.7 Å². The molecule has 1 N–H and O–H groups in total. The van der Waals surface area contributed by atoms with Gasteiger partial charge in [0, 0.05) is 46.6 Å². The topological polar surface area (TPSA) is 119 Å². The zero-order valence-corrected chi connectivity index (χ0v) is 41.3. The van der Waals surface area contributed by atoms with E-state index in [0.717, 1.165) is 16.5 Å². The molecule has 6 rings (SSSR count). The van der Waals surface area contributed by atoms with E-state index in [1.54, 1.807) is 25.1 Å². The molecule has 0 radical (unpaired) electrons. The van der Waals surface area contributed by atoms with Gasteiger partial charge in [-0.1, -0.05) is 55.1 Å². The molecular weight excluding hydrogens is 1100 g/mol. The molecule has 340 valence electrons. The van der Waals surface area contributed by atoms with Crippen LogP contribution in [0.15, 0.2) is 44.7 Å². The Morgan fingerprint density at radius 3 is 1.62 bits per heavy atom. The van der Waals surface area contributed by atoms with E-state index >= 15 is 0 Å². The second kappa shape index (κ2) is 20.7. The summed E-state index contributed by atoms with van der Waals surface area (Å²) in [6, 6.07) is 6.90. The van der Waals surface area contributed by atoms with Gasteiger partial charge in [0.2, 0.25) is 6.49 Å². The zero-order valence-electron chi connectivity index (χ0n) is 32.4. The lowest BCUT2D eigenvalue weighted by Crippen LogP contribution is -2.41. The number of aliphatic hydroxyl groups excluding tert-OH is 1. The summed E-state index contributed by atoms with van der Waals surface area (Å²) in [4.78, 5) is 25.2. The first-order chi connectivity index (χ1) is 28.0. The number of ether oxygens (including phenoxy) is 4. The Hall–Kier alpha value is -0.990. The third-order valence-corrected chi connectivity index (χ3v) is 13.3. The number of aryl methyl sites for hydroxylation is 2. The molecule has 4 aliphatic rings. The highest BCUT2D eigenvalue weighted by atomic mass is 79.9. The van der Waals surface area contributed by atoms with Crippen molar-refractivity contribution in [2.24, 2.45) is 0 Å². The third kappa shape index (κ3) is 14.3. The summed E-state index contributed by atoms with van der Waals surface area (Å²) in [5, 5.41) is 11.2. The van der Waals surface area contributed by atoms with Gasteiger partial charge >= 0.3 is 29.9 Å². The van der Waals surface area contributed by atoms with Crippen LogP contribution in [0.1, 0.15) is 47.9 Å². The van der Waals surface area contributed by atoms with Crippen molar-refractivity contribution in [3.8, 4) is 0 Å². The lowest BCUT2D eigenvalue weighted by molar-refractivity contribution is -0.201. The largest absolute Gasteiger partial charge is 0.507 e. The number of benzene rings is 2. The second-order valence-corrected chi connectivity index (χ2v) is 27.4. The van der Waals surface area contributed by atoms with Crippen LogP contribution in [0.3, 0.4) is 0 Å². The van der Waals surface area contributed by atoms with Gasteiger partial charge in [-0.3, -0.25) is 4.52 Å². The standard InChI is InChI=1S/C18H18BrClF3O5PS.C15H14BrClO4.C3H6ClF3OPS/c1-10-6-11(19)7-12(20)13(10)14-15(28-29(2,30)26-9-18(21,22)23)17(27-16(14)24)4-3-5-25-8-17;1-8-5-9(16)6-10(17)11(8)12-13(18)15(21-14(12)19)3-2-4-20-7-15;1-9(4,10)8-2-3(5,6)7/h6-7H,3-5,8-9H2,1-2H3;5-6,18H,2-4,7H2,1H3;4H,2H2,1H3/q;;+1. The molecule has 10 nitrogen and oxygen atoms in total. The SMILES string of the molecule is CP(=S)([ClH+])OCC(F)(F)F.Cc1cc(Br)cc(Cl)c1C1=C(O)C2(CCCOC2)OC1=O.Cc1cc(Br)cc(Cl)c1C1=C(OP(C)(=S)OCC(F)(F)F)C2(CCCOC2)OC1=O. The molecule has 0 bridgehead atoms. The minimum absolute atomic E-state index is 0.000623. The van der Waals surface area contributed by atoms with Crippen LogP contribution < -0.4 is 0 Å². The van der Waals surface area contributed by atoms with Gasteiger partial charge in [0.05, 0.1) is 23.3 Å². The van der Waals surface area contributed by atoms with Crippen molar-refractivity contribution in [3.63, 3.8) is 0 Å². The summed E-state index contributed by atoms with van der Waals surface area (Å²) in [6.45, 7) is 1.11. The Morgan fingerprint density at radius 1 is 0.787 bits per heavy atom. The lowest BCUT2D eigenvalue weighted by atomic mass is 9.91. The fourth-order valence-electron chi connectivity index (χ4n) is 6.44. The molecule has 4 atom stereocenters. The molecule has 2 saturated heterocycles. The molecule has 0 saturated carbocycles. The van der Waals surface area contributed by atoms with Crippen LogP contribution in [-0.4, -0.2) is 93.6 Å². The number of hydrogen-bond acceptors (Lipinski definition) is 12. The summed E-state index contributed by atoms with van der Waals surface area (Å²) in [7, 11) is 0. The van der Waals surface area contributed by atoms with E-state index in [-0.39, 0.29) is 40.9 Å². The number of hydrogen-bond donors (Lipinski definition) is 1.